The van der Waals surface area contributed by atoms with Gasteiger partial charge in [-0.1, -0.05) is 59.8 Å². The Hall–Kier alpha value is -2.24. The molecular formula is C34H60N2O4. The summed E-state index contributed by atoms with van der Waals surface area (Å²) in [6.45, 7) is 11.8. The summed E-state index contributed by atoms with van der Waals surface area (Å²) in [5.74, 6) is 2.76. The predicted octanol–water partition coefficient (Wildman–Crippen LogP) is 8.16. The molecule has 0 aliphatic heterocycles. The maximum atomic E-state index is 11.9. The van der Waals surface area contributed by atoms with Crippen molar-refractivity contribution in [3.8, 4) is 11.5 Å². The van der Waals surface area contributed by atoms with Crippen molar-refractivity contribution >= 4 is 11.8 Å². The molecule has 2 N–H and O–H groups in total. The smallest absolute Gasteiger partial charge is 0.219 e. The van der Waals surface area contributed by atoms with Gasteiger partial charge in [-0.3, -0.25) is 9.59 Å². The molecule has 6 nitrogen and oxygen atoms in total. The van der Waals surface area contributed by atoms with Crippen LogP contribution in [0.3, 0.4) is 0 Å². The van der Waals surface area contributed by atoms with E-state index in [9.17, 15) is 9.59 Å². The molecule has 0 radical (unpaired) electrons. The molecule has 0 heterocycles. The van der Waals surface area contributed by atoms with Crippen molar-refractivity contribution in [3.63, 3.8) is 0 Å². The Labute approximate surface area is 245 Å². The van der Waals surface area contributed by atoms with E-state index in [0.29, 0.717) is 32.0 Å². The summed E-state index contributed by atoms with van der Waals surface area (Å²) in [7, 11) is 0. The summed E-state index contributed by atoms with van der Waals surface area (Å²) >= 11 is 0. The van der Waals surface area contributed by atoms with Crippen molar-refractivity contribution in [1.82, 2.24) is 10.6 Å². The van der Waals surface area contributed by atoms with Crippen molar-refractivity contribution in [1.29, 1.82) is 0 Å². The minimum absolute atomic E-state index is 0.165. The van der Waals surface area contributed by atoms with Gasteiger partial charge in [0.1, 0.15) is 11.5 Å². The monoisotopic (exact) mass is 560 g/mol. The third-order valence-electron chi connectivity index (χ3n) is 7.03. The number of hydrogen-bond acceptors (Lipinski definition) is 4. The molecule has 230 valence electrons. The number of rotatable bonds is 26. The van der Waals surface area contributed by atoms with Gasteiger partial charge in [0.05, 0.1) is 13.2 Å². The first-order valence-corrected chi connectivity index (χ1v) is 16.4. The second-order valence-electron chi connectivity index (χ2n) is 11.5. The van der Waals surface area contributed by atoms with Gasteiger partial charge in [-0.2, -0.15) is 0 Å². The summed E-state index contributed by atoms with van der Waals surface area (Å²) in [4.78, 5) is 23.8. The van der Waals surface area contributed by atoms with Gasteiger partial charge in [0.2, 0.25) is 11.8 Å². The molecule has 0 aliphatic carbocycles. The molecule has 1 aromatic carbocycles. The number of carbonyl (C=O) groups is 2. The Morgan fingerprint density at radius 3 is 1.60 bits per heavy atom. The van der Waals surface area contributed by atoms with Gasteiger partial charge >= 0.3 is 0 Å². The topological polar surface area (TPSA) is 76.7 Å². The molecule has 0 unspecified atom stereocenters. The second-order valence-corrected chi connectivity index (χ2v) is 11.5. The van der Waals surface area contributed by atoms with E-state index in [-0.39, 0.29) is 11.8 Å². The van der Waals surface area contributed by atoms with Crippen LogP contribution in [0, 0.1) is 5.92 Å². The van der Waals surface area contributed by atoms with Crippen molar-refractivity contribution < 1.29 is 19.1 Å². The van der Waals surface area contributed by atoms with Crippen LogP contribution in [-0.4, -0.2) is 38.1 Å². The molecule has 1 aromatic rings. The fraction of sp³-hybridized carbons (Fsp3) is 0.765. The largest absolute Gasteiger partial charge is 0.493 e. The van der Waals surface area contributed by atoms with Gasteiger partial charge in [-0.25, -0.2) is 0 Å². The maximum Gasteiger partial charge on any atom is 0.219 e. The third kappa shape index (κ3) is 20.6. The first kappa shape index (κ1) is 35.8. The molecule has 2 amide bonds. The van der Waals surface area contributed by atoms with E-state index in [0.717, 1.165) is 88.8 Å². The van der Waals surface area contributed by atoms with Crippen LogP contribution in [0.5, 0.6) is 11.5 Å². The normalized spacial score (nSPS) is 11.0. The van der Waals surface area contributed by atoms with Gasteiger partial charge in [0.25, 0.3) is 0 Å². The number of benzene rings is 1. The first-order valence-electron chi connectivity index (χ1n) is 16.4. The lowest BCUT2D eigenvalue weighted by Gasteiger charge is -2.13. The Morgan fingerprint density at radius 2 is 1.15 bits per heavy atom. The van der Waals surface area contributed by atoms with Crippen molar-refractivity contribution in [2.75, 3.05) is 26.3 Å². The Bertz CT molecular complexity index is 727. The lowest BCUT2D eigenvalue weighted by Crippen LogP contribution is -2.23. The van der Waals surface area contributed by atoms with Gasteiger partial charge in [0, 0.05) is 32.0 Å². The molecule has 0 aliphatic rings. The van der Waals surface area contributed by atoms with Crippen molar-refractivity contribution in [2.45, 2.75) is 137 Å². The van der Waals surface area contributed by atoms with Crippen molar-refractivity contribution in [2.24, 2.45) is 5.92 Å². The van der Waals surface area contributed by atoms with E-state index >= 15 is 0 Å². The minimum atomic E-state index is 0.165. The molecule has 0 spiro atoms. The Balaban J connectivity index is 2.38. The summed E-state index contributed by atoms with van der Waals surface area (Å²) in [6, 6.07) is 6.30. The number of aryl methyl sites for hydroxylation is 1. The predicted molar refractivity (Wildman–Crippen MR) is 167 cm³/mol. The minimum Gasteiger partial charge on any atom is -0.493 e. The fourth-order valence-corrected chi connectivity index (χ4v) is 4.55. The molecular weight excluding hydrogens is 500 g/mol. The van der Waals surface area contributed by atoms with Crippen LogP contribution >= 0.6 is 0 Å². The van der Waals surface area contributed by atoms with E-state index in [2.05, 4.69) is 50.5 Å². The van der Waals surface area contributed by atoms with Crippen LogP contribution < -0.4 is 20.1 Å². The van der Waals surface area contributed by atoms with E-state index in [1.165, 1.54) is 37.7 Å². The highest BCUT2D eigenvalue weighted by Crippen LogP contribution is 2.25. The average molecular weight is 561 g/mol. The second kappa shape index (κ2) is 24.5. The highest BCUT2D eigenvalue weighted by atomic mass is 16.5. The maximum absolute atomic E-state index is 11.9. The van der Waals surface area contributed by atoms with Gasteiger partial charge in [0.15, 0.2) is 0 Å². The zero-order valence-electron chi connectivity index (χ0n) is 26.3. The highest BCUT2D eigenvalue weighted by molar-refractivity contribution is 5.76. The summed E-state index contributed by atoms with van der Waals surface area (Å²) in [6.07, 6.45) is 17.0. The third-order valence-corrected chi connectivity index (χ3v) is 7.03. The Morgan fingerprint density at radius 1 is 0.650 bits per heavy atom. The zero-order chi connectivity index (χ0) is 29.3. The van der Waals surface area contributed by atoms with Gasteiger partial charge in [-0.15, -0.1) is 0 Å². The SMILES string of the molecule is CCCCCNC(=O)CCCCCOc1cc(CCCC(C)C)cc(OCCCCCC(=O)NCCCCC)c1. The number of hydrogen-bond donors (Lipinski definition) is 2. The van der Waals surface area contributed by atoms with Gasteiger partial charge < -0.3 is 20.1 Å². The molecule has 40 heavy (non-hydrogen) atoms. The van der Waals surface area contributed by atoms with Gasteiger partial charge in [-0.05, 0) is 87.8 Å². The number of amides is 2. The number of unbranched alkanes of at least 4 members (excludes halogenated alkanes) is 8. The van der Waals surface area contributed by atoms with Crippen LogP contribution in [0.1, 0.15) is 136 Å². The van der Waals surface area contributed by atoms with Crippen molar-refractivity contribution in [3.05, 3.63) is 23.8 Å². The number of carbonyl (C=O) groups excluding carboxylic acids is 2. The molecule has 1 rings (SSSR count). The van der Waals surface area contributed by atoms with Crippen LogP contribution in [0.25, 0.3) is 0 Å². The number of nitrogens with one attached hydrogen (secondary N) is 2. The standard InChI is InChI=1S/C34H60N2O4/c1-5-7-13-22-35-33(37)20-11-9-15-24-39-31-26-30(19-17-18-29(3)4)27-32(28-31)40-25-16-10-12-21-34(38)36-23-14-8-6-2/h26-29H,5-25H2,1-4H3,(H,35,37)(H,36,38). The Kier molecular flexibility index (Phi) is 22.0. The van der Waals surface area contributed by atoms with Crippen LogP contribution in [0.4, 0.5) is 0 Å². The van der Waals surface area contributed by atoms with Crippen LogP contribution in [0.15, 0.2) is 18.2 Å². The van der Waals surface area contributed by atoms with Crippen LogP contribution in [0.2, 0.25) is 0 Å². The summed E-state index contributed by atoms with van der Waals surface area (Å²) < 4.78 is 12.2. The lowest BCUT2D eigenvalue weighted by atomic mass is 10.0. The summed E-state index contributed by atoms with van der Waals surface area (Å²) in [5.41, 5.74) is 1.26. The van der Waals surface area contributed by atoms with Crippen LogP contribution in [-0.2, 0) is 16.0 Å². The van der Waals surface area contributed by atoms with E-state index < -0.39 is 0 Å². The molecule has 0 saturated carbocycles. The molecule has 6 heteroatoms. The average Bonchev–Trinajstić information content (AvgIpc) is 2.92. The molecule has 0 bridgehead atoms. The molecule has 0 atom stereocenters. The summed E-state index contributed by atoms with van der Waals surface area (Å²) in [5, 5.41) is 6.02. The molecule has 0 saturated heterocycles. The molecule has 0 aromatic heterocycles. The zero-order valence-corrected chi connectivity index (χ0v) is 26.3. The number of ether oxygens (including phenoxy) is 2. The lowest BCUT2D eigenvalue weighted by molar-refractivity contribution is -0.122. The van der Waals surface area contributed by atoms with E-state index in [1.807, 2.05) is 6.07 Å². The van der Waals surface area contributed by atoms with E-state index in [4.69, 9.17) is 9.47 Å². The first-order chi connectivity index (χ1) is 19.4. The molecule has 0 fully saturated rings. The quantitative estimate of drug-likeness (QED) is 0.112. The highest BCUT2D eigenvalue weighted by Gasteiger charge is 2.07. The van der Waals surface area contributed by atoms with E-state index in [1.54, 1.807) is 0 Å². The fourth-order valence-electron chi connectivity index (χ4n) is 4.55.